The summed E-state index contributed by atoms with van der Waals surface area (Å²) in [6.07, 6.45) is 1.54. The molecular formula is C12H16ClNO3. The Labute approximate surface area is 106 Å². The van der Waals surface area contributed by atoms with Gasteiger partial charge in [-0.2, -0.15) is 0 Å². The topological polar surface area (TPSA) is 83.6 Å². The molecule has 1 aliphatic rings. The summed E-state index contributed by atoms with van der Waals surface area (Å²) in [5, 5.41) is 18.6. The molecule has 2 rings (SSSR count). The Balaban J connectivity index is 0.00000144. The summed E-state index contributed by atoms with van der Waals surface area (Å²) in [6.45, 7) is 0. The first-order valence-corrected chi connectivity index (χ1v) is 5.36. The highest BCUT2D eigenvalue weighted by Gasteiger charge is 2.34. The fraction of sp³-hybridized carbons (Fsp3) is 0.417. The van der Waals surface area contributed by atoms with Gasteiger partial charge >= 0.3 is 5.97 Å². The van der Waals surface area contributed by atoms with E-state index in [1.807, 2.05) is 0 Å². The second-order valence-corrected chi connectivity index (χ2v) is 4.28. The molecule has 4 nitrogen and oxygen atoms in total. The van der Waals surface area contributed by atoms with Gasteiger partial charge in [0, 0.05) is 0 Å². The van der Waals surface area contributed by atoms with Crippen LogP contribution in [0.4, 0.5) is 0 Å². The van der Waals surface area contributed by atoms with E-state index in [1.54, 1.807) is 12.1 Å². The number of benzene rings is 1. The van der Waals surface area contributed by atoms with Crippen molar-refractivity contribution in [2.75, 3.05) is 0 Å². The van der Waals surface area contributed by atoms with Crippen LogP contribution < -0.4 is 5.73 Å². The average Bonchev–Trinajstić information content (AvgIpc) is 3.11. The Kier molecular flexibility index (Phi) is 4.51. The van der Waals surface area contributed by atoms with Gasteiger partial charge in [0.25, 0.3) is 0 Å². The van der Waals surface area contributed by atoms with E-state index in [0.717, 1.165) is 18.4 Å². The van der Waals surface area contributed by atoms with Crippen LogP contribution in [0.5, 0.6) is 0 Å². The zero-order valence-corrected chi connectivity index (χ0v) is 10.1. The largest absolute Gasteiger partial charge is 0.478 e. The highest BCUT2D eigenvalue weighted by Crippen LogP contribution is 2.37. The van der Waals surface area contributed by atoms with E-state index in [1.165, 1.54) is 12.1 Å². The van der Waals surface area contributed by atoms with Gasteiger partial charge in [-0.15, -0.1) is 12.4 Å². The maximum absolute atomic E-state index is 10.7. The molecule has 1 aromatic rings. The number of nitrogens with two attached hydrogens (primary N) is 1. The summed E-state index contributed by atoms with van der Waals surface area (Å²) in [4.78, 5) is 10.7. The van der Waals surface area contributed by atoms with Gasteiger partial charge in [0.15, 0.2) is 0 Å². The summed E-state index contributed by atoms with van der Waals surface area (Å²) in [7, 11) is 0. The predicted octanol–water partition coefficient (Wildman–Crippen LogP) is 1.58. The van der Waals surface area contributed by atoms with Gasteiger partial charge in [0.2, 0.25) is 0 Å². The van der Waals surface area contributed by atoms with Crippen molar-refractivity contribution < 1.29 is 15.0 Å². The summed E-state index contributed by atoms with van der Waals surface area (Å²) in [6, 6.07) is 5.93. The van der Waals surface area contributed by atoms with Crippen molar-refractivity contribution in [1.82, 2.24) is 0 Å². The molecule has 0 aliphatic heterocycles. The van der Waals surface area contributed by atoms with Gasteiger partial charge in [-0.25, -0.2) is 4.79 Å². The van der Waals surface area contributed by atoms with E-state index < -0.39 is 18.1 Å². The molecule has 0 saturated heterocycles. The standard InChI is InChI=1S/C12H15NO3.ClH/c13-10(11(14)8-3-4-8)7-1-5-9(6-2-7)12(15)16;/h1-2,5-6,8,10-11,14H,3-4,13H2,(H,15,16);1H/t10-,11+;/m0./s1. The third-order valence-corrected chi connectivity index (χ3v) is 3.02. The zero-order valence-electron chi connectivity index (χ0n) is 9.24. The number of aliphatic hydroxyl groups is 1. The van der Waals surface area contributed by atoms with Crippen LogP contribution in [0.2, 0.25) is 0 Å². The lowest BCUT2D eigenvalue weighted by molar-refractivity contribution is 0.0697. The minimum absolute atomic E-state index is 0. The van der Waals surface area contributed by atoms with Gasteiger partial charge in [-0.1, -0.05) is 12.1 Å². The van der Waals surface area contributed by atoms with E-state index in [0.29, 0.717) is 5.92 Å². The van der Waals surface area contributed by atoms with Gasteiger partial charge in [-0.05, 0) is 36.5 Å². The molecule has 1 fully saturated rings. The SMILES string of the molecule is Cl.N[C@@H](c1ccc(C(=O)O)cc1)[C@H](O)C1CC1. The Hall–Kier alpha value is -1.10. The summed E-state index contributed by atoms with van der Waals surface area (Å²) < 4.78 is 0. The molecule has 5 heteroatoms. The number of carboxylic acid groups (broad SMARTS) is 1. The second kappa shape index (κ2) is 5.49. The molecule has 4 N–H and O–H groups in total. The van der Waals surface area contributed by atoms with Crippen LogP contribution in [0, 0.1) is 5.92 Å². The first-order chi connectivity index (χ1) is 7.59. The van der Waals surface area contributed by atoms with Crippen molar-refractivity contribution in [3.8, 4) is 0 Å². The molecule has 0 bridgehead atoms. The fourth-order valence-electron chi connectivity index (χ4n) is 1.78. The lowest BCUT2D eigenvalue weighted by atomic mass is 9.98. The number of rotatable bonds is 4. The Morgan fingerprint density at radius 1 is 1.29 bits per heavy atom. The van der Waals surface area contributed by atoms with Gasteiger partial charge in [-0.3, -0.25) is 0 Å². The van der Waals surface area contributed by atoms with Crippen molar-refractivity contribution in [2.24, 2.45) is 11.7 Å². The van der Waals surface area contributed by atoms with Crippen molar-refractivity contribution in [3.05, 3.63) is 35.4 Å². The summed E-state index contributed by atoms with van der Waals surface area (Å²) in [5.74, 6) is -0.642. The highest BCUT2D eigenvalue weighted by molar-refractivity contribution is 5.87. The van der Waals surface area contributed by atoms with Crippen LogP contribution >= 0.6 is 12.4 Å². The number of hydrogen-bond donors (Lipinski definition) is 3. The monoisotopic (exact) mass is 257 g/mol. The predicted molar refractivity (Wildman–Crippen MR) is 66.3 cm³/mol. The highest BCUT2D eigenvalue weighted by atomic mass is 35.5. The lowest BCUT2D eigenvalue weighted by Crippen LogP contribution is -2.27. The third kappa shape index (κ3) is 3.19. The minimum Gasteiger partial charge on any atom is -0.478 e. The molecule has 0 heterocycles. The van der Waals surface area contributed by atoms with E-state index in [9.17, 15) is 9.90 Å². The van der Waals surface area contributed by atoms with E-state index in [-0.39, 0.29) is 18.0 Å². The normalized spacial score (nSPS) is 18.0. The molecule has 2 atom stereocenters. The molecule has 94 valence electrons. The number of carboxylic acids is 1. The smallest absolute Gasteiger partial charge is 0.335 e. The van der Waals surface area contributed by atoms with Gasteiger partial charge < -0.3 is 15.9 Å². The van der Waals surface area contributed by atoms with Crippen LogP contribution in [-0.4, -0.2) is 22.3 Å². The maximum atomic E-state index is 10.7. The second-order valence-electron chi connectivity index (χ2n) is 4.28. The van der Waals surface area contributed by atoms with E-state index in [2.05, 4.69) is 0 Å². The number of aromatic carboxylic acids is 1. The molecule has 0 spiro atoms. The molecule has 0 amide bonds. The molecule has 17 heavy (non-hydrogen) atoms. The van der Waals surface area contributed by atoms with Crippen LogP contribution in [0.15, 0.2) is 24.3 Å². The molecule has 0 radical (unpaired) electrons. The molecule has 0 unspecified atom stereocenters. The molecular weight excluding hydrogens is 242 g/mol. The lowest BCUT2D eigenvalue weighted by Gasteiger charge is -2.18. The molecule has 1 aliphatic carbocycles. The minimum atomic E-state index is -0.956. The van der Waals surface area contributed by atoms with Crippen molar-refractivity contribution in [2.45, 2.75) is 25.0 Å². The third-order valence-electron chi connectivity index (χ3n) is 3.02. The average molecular weight is 258 g/mol. The first-order valence-electron chi connectivity index (χ1n) is 5.36. The van der Waals surface area contributed by atoms with E-state index >= 15 is 0 Å². The Morgan fingerprint density at radius 2 is 1.82 bits per heavy atom. The molecule has 0 aromatic heterocycles. The molecule has 1 saturated carbocycles. The van der Waals surface area contributed by atoms with Crippen LogP contribution in [0.3, 0.4) is 0 Å². The Bertz CT molecular complexity index is 389. The van der Waals surface area contributed by atoms with Crippen molar-refractivity contribution in [3.63, 3.8) is 0 Å². The number of carbonyl (C=O) groups is 1. The van der Waals surface area contributed by atoms with Crippen LogP contribution in [0.25, 0.3) is 0 Å². The number of aliphatic hydroxyl groups excluding tert-OH is 1. The fourth-order valence-corrected chi connectivity index (χ4v) is 1.78. The zero-order chi connectivity index (χ0) is 11.7. The van der Waals surface area contributed by atoms with E-state index in [4.69, 9.17) is 10.8 Å². The van der Waals surface area contributed by atoms with Crippen LogP contribution in [-0.2, 0) is 0 Å². The van der Waals surface area contributed by atoms with Gasteiger partial charge in [0.05, 0.1) is 17.7 Å². The van der Waals surface area contributed by atoms with Crippen LogP contribution in [0.1, 0.15) is 34.8 Å². The van der Waals surface area contributed by atoms with Gasteiger partial charge in [0.1, 0.15) is 0 Å². The number of halogens is 1. The first kappa shape index (κ1) is 14.0. The quantitative estimate of drug-likeness (QED) is 0.765. The molecule has 1 aromatic carbocycles. The maximum Gasteiger partial charge on any atom is 0.335 e. The van der Waals surface area contributed by atoms with Crippen molar-refractivity contribution >= 4 is 18.4 Å². The summed E-state index contributed by atoms with van der Waals surface area (Å²) >= 11 is 0. The Morgan fingerprint density at radius 3 is 2.24 bits per heavy atom. The summed E-state index contributed by atoms with van der Waals surface area (Å²) in [5.41, 5.74) is 6.92. The number of hydrogen-bond acceptors (Lipinski definition) is 3. The van der Waals surface area contributed by atoms with Crippen molar-refractivity contribution in [1.29, 1.82) is 0 Å².